The number of hydrogen-bond donors (Lipinski definition) is 0. The summed E-state index contributed by atoms with van der Waals surface area (Å²) in [5.74, 6) is -0.413. The van der Waals surface area contributed by atoms with Crippen LogP contribution in [0.15, 0.2) is 18.2 Å². The summed E-state index contributed by atoms with van der Waals surface area (Å²) < 4.78 is 13.2. The van der Waals surface area contributed by atoms with Gasteiger partial charge in [-0.1, -0.05) is 18.5 Å². The molecule has 3 heteroatoms. The summed E-state index contributed by atoms with van der Waals surface area (Å²) in [7, 11) is 0. The summed E-state index contributed by atoms with van der Waals surface area (Å²) in [6.45, 7) is 3.97. The predicted octanol–water partition coefficient (Wildman–Crippen LogP) is 3.90. The Morgan fingerprint density at radius 3 is 2.73 bits per heavy atom. The molecule has 0 aliphatic carbocycles. The smallest absolute Gasteiger partial charge is 0.143 e. The molecule has 1 aromatic carbocycles. The highest BCUT2D eigenvalue weighted by molar-refractivity contribution is 6.31. The van der Waals surface area contributed by atoms with Crippen molar-refractivity contribution >= 4 is 22.5 Å². The second kappa shape index (κ2) is 3.78. The predicted molar refractivity (Wildman–Crippen MR) is 60.8 cm³/mol. The Morgan fingerprint density at radius 2 is 2.07 bits per heavy atom. The van der Waals surface area contributed by atoms with Crippen molar-refractivity contribution in [3.8, 4) is 0 Å². The largest absolute Gasteiger partial charge is 0.253 e. The first-order chi connectivity index (χ1) is 7.11. The van der Waals surface area contributed by atoms with Gasteiger partial charge in [0.15, 0.2) is 0 Å². The molecule has 0 atom stereocenters. The molecule has 1 heterocycles. The third-order valence-electron chi connectivity index (χ3n) is 2.45. The van der Waals surface area contributed by atoms with E-state index in [0.717, 1.165) is 23.1 Å². The molecule has 0 radical (unpaired) electrons. The van der Waals surface area contributed by atoms with E-state index in [1.807, 2.05) is 13.0 Å². The molecule has 2 rings (SSSR count). The monoisotopic (exact) mass is 223 g/mol. The van der Waals surface area contributed by atoms with Gasteiger partial charge < -0.3 is 0 Å². The van der Waals surface area contributed by atoms with E-state index in [9.17, 15) is 4.39 Å². The van der Waals surface area contributed by atoms with Crippen LogP contribution in [0.1, 0.15) is 18.2 Å². The van der Waals surface area contributed by atoms with E-state index in [1.165, 1.54) is 6.07 Å². The highest BCUT2D eigenvalue weighted by Crippen LogP contribution is 2.25. The Bertz CT molecular complexity index is 523. The average Bonchev–Trinajstić information content (AvgIpc) is 2.19. The molecule has 0 bridgehead atoms. The standard InChI is InChI=1S/C12H11ClFN/c1-3-8-4-7(2)15-12-6-11(14)10(13)5-9(8)12/h4-6H,3H2,1-2H3. The van der Waals surface area contributed by atoms with Crippen LogP contribution >= 0.6 is 11.6 Å². The molecule has 0 saturated carbocycles. The molecule has 1 nitrogen and oxygen atoms in total. The van der Waals surface area contributed by atoms with Crippen molar-refractivity contribution in [2.24, 2.45) is 0 Å². The molecule has 0 aliphatic heterocycles. The molecule has 1 aromatic heterocycles. The van der Waals surface area contributed by atoms with Gasteiger partial charge >= 0.3 is 0 Å². The number of benzene rings is 1. The summed E-state index contributed by atoms with van der Waals surface area (Å²) in [5, 5.41) is 1.09. The van der Waals surface area contributed by atoms with E-state index in [0.29, 0.717) is 5.52 Å². The van der Waals surface area contributed by atoms with Crippen LogP contribution in [0.5, 0.6) is 0 Å². The maximum absolute atomic E-state index is 13.2. The molecular weight excluding hydrogens is 213 g/mol. The molecular formula is C12H11ClFN. The number of hydrogen-bond acceptors (Lipinski definition) is 1. The zero-order chi connectivity index (χ0) is 11.0. The molecule has 0 fully saturated rings. The van der Waals surface area contributed by atoms with Gasteiger partial charge in [-0.2, -0.15) is 0 Å². The van der Waals surface area contributed by atoms with Crippen LogP contribution in [0.2, 0.25) is 5.02 Å². The fourth-order valence-electron chi connectivity index (χ4n) is 1.73. The van der Waals surface area contributed by atoms with Crippen molar-refractivity contribution in [3.63, 3.8) is 0 Å². The van der Waals surface area contributed by atoms with Gasteiger partial charge in [0.1, 0.15) is 5.82 Å². The Balaban J connectivity index is 2.84. The number of fused-ring (bicyclic) bond motifs is 1. The van der Waals surface area contributed by atoms with Gasteiger partial charge in [-0.3, -0.25) is 4.98 Å². The molecule has 78 valence electrons. The summed E-state index contributed by atoms with van der Waals surface area (Å²) in [5.41, 5.74) is 2.73. The van der Waals surface area contributed by atoms with Gasteiger partial charge in [-0.05, 0) is 31.0 Å². The minimum atomic E-state index is -0.413. The molecule has 15 heavy (non-hydrogen) atoms. The van der Waals surface area contributed by atoms with Gasteiger partial charge in [-0.15, -0.1) is 0 Å². The molecule has 0 amide bonds. The zero-order valence-corrected chi connectivity index (χ0v) is 9.40. The molecule has 0 unspecified atom stereocenters. The Labute approximate surface area is 92.9 Å². The van der Waals surface area contributed by atoms with Gasteiger partial charge in [0, 0.05) is 17.1 Å². The Morgan fingerprint density at radius 1 is 1.33 bits per heavy atom. The number of aromatic nitrogens is 1. The minimum Gasteiger partial charge on any atom is -0.253 e. The topological polar surface area (TPSA) is 12.9 Å². The molecule has 0 aliphatic rings. The second-order valence-electron chi connectivity index (χ2n) is 3.56. The number of rotatable bonds is 1. The van der Waals surface area contributed by atoms with E-state index < -0.39 is 5.82 Å². The van der Waals surface area contributed by atoms with Crippen LogP contribution in [0.3, 0.4) is 0 Å². The van der Waals surface area contributed by atoms with Crippen molar-refractivity contribution in [1.29, 1.82) is 0 Å². The van der Waals surface area contributed by atoms with Crippen LogP contribution in [0, 0.1) is 12.7 Å². The fraction of sp³-hybridized carbons (Fsp3) is 0.250. The molecule has 0 spiro atoms. The fourth-order valence-corrected chi connectivity index (χ4v) is 1.89. The number of halogens is 2. The first kappa shape index (κ1) is 10.4. The minimum absolute atomic E-state index is 0.155. The van der Waals surface area contributed by atoms with E-state index in [4.69, 9.17) is 11.6 Å². The number of pyridine rings is 1. The first-order valence-corrected chi connectivity index (χ1v) is 5.25. The van der Waals surface area contributed by atoms with Crippen LogP contribution in [0.25, 0.3) is 10.9 Å². The lowest BCUT2D eigenvalue weighted by Gasteiger charge is -2.06. The van der Waals surface area contributed by atoms with Gasteiger partial charge in [0.05, 0.1) is 10.5 Å². The lowest BCUT2D eigenvalue weighted by atomic mass is 10.1. The Kier molecular flexibility index (Phi) is 2.61. The van der Waals surface area contributed by atoms with Crippen LogP contribution in [-0.4, -0.2) is 4.98 Å². The van der Waals surface area contributed by atoms with Crippen molar-refractivity contribution in [1.82, 2.24) is 4.98 Å². The van der Waals surface area contributed by atoms with E-state index in [-0.39, 0.29) is 5.02 Å². The molecule has 0 saturated heterocycles. The van der Waals surface area contributed by atoms with Crippen LogP contribution in [-0.2, 0) is 6.42 Å². The van der Waals surface area contributed by atoms with Crippen molar-refractivity contribution in [3.05, 3.63) is 40.3 Å². The summed E-state index contributed by atoms with van der Waals surface area (Å²) in [4.78, 5) is 4.29. The highest BCUT2D eigenvalue weighted by Gasteiger charge is 2.07. The quantitative estimate of drug-likeness (QED) is 0.715. The third-order valence-corrected chi connectivity index (χ3v) is 2.74. The maximum atomic E-state index is 13.2. The summed E-state index contributed by atoms with van der Waals surface area (Å²) >= 11 is 5.75. The van der Waals surface area contributed by atoms with Gasteiger partial charge in [0.25, 0.3) is 0 Å². The van der Waals surface area contributed by atoms with Crippen molar-refractivity contribution in [2.75, 3.05) is 0 Å². The number of nitrogens with zero attached hydrogens (tertiary/aromatic N) is 1. The van der Waals surface area contributed by atoms with Crippen LogP contribution < -0.4 is 0 Å². The van der Waals surface area contributed by atoms with E-state index in [2.05, 4.69) is 11.9 Å². The van der Waals surface area contributed by atoms with E-state index in [1.54, 1.807) is 6.07 Å². The lowest BCUT2D eigenvalue weighted by molar-refractivity contribution is 0.629. The second-order valence-corrected chi connectivity index (χ2v) is 3.97. The SMILES string of the molecule is CCc1cc(C)nc2cc(F)c(Cl)cc12. The number of aryl methyl sites for hydroxylation is 2. The van der Waals surface area contributed by atoms with Crippen molar-refractivity contribution in [2.45, 2.75) is 20.3 Å². The highest BCUT2D eigenvalue weighted by atomic mass is 35.5. The van der Waals surface area contributed by atoms with Crippen molar-refractivity contribution < 1.29 is 4.39 Å². The zero-order valence-electron chi connectivity index (χ0n) is 8.64. The van der Waals surface area contributed by atoms with Gasteiger partial charge in [-0.25, -0.2) is 4.39 Å². The normalized spacial score (nSPS) is 10.9. The Hall–Kier alpha value is -1.15. The maximum Gasteiger partial charge on any atom is 0.143 e. The summed E-state index contributed by atoms with van der Waals surface area (Å²) in [6.07, 6.45) is 0.891. The first-order valence-electron chi connectivity index (χ1n) is 4.87. The summed E-state index contributed by atoms with van der Waals surface area (Å²) in [6, 6.07) is 5.05. The third kappa shape index (κ3) is 1.82. The lowest BCUT2D eigenvalue weighted by Crippen LogP contribution is -1.92. The molecule has 0 N–H and O–H groups in total. The average molecular weight is 224 g/mol. The molecule has 2 aromatic rings. The van der Waals surface area contributed by atoms with E-state index >= 15 is 0 Å². The van der Waals surface area contributed by atoms with Gasteiger partial charge in [0.2, 0.25) is 0 Å². The van der Waals surface area contributed by atoms with Crippen LogP contribution in [0.4, 0.5) is 4.39 Å².